The summed E-state index contributed by atoms with van der Waals surface area (Å²) in [6, 6.07) is 0. The maximum atomic E-state index is 3.80. The van der Waals surface area contributed by atoms with Gasteiger partial charge in [0.25, 0.3) is 0 Å². The quantitative estimate of drug-likeness (QED) is 0.810. The van der Waals surface area contributed by atoms with Crippen molar-refractivity contribution in [3.63, 3.8) is 0 Å². The van der Waals surface area contributed by atoms with Crippen molar-refractivity contribution in [1.29, 1.82) is 0 Å². The Balaban J connectivity index is 1.96. The van der Waals surface area contributed by atoms with Gasteiger partial charge < -0.3 is 10.2 Å². The first-order chi connectivity index (χ1) is 8.11. The molecule has 1 saturated heterocycles. The van der Waals surface area contributed by atoms with Gasteiger partial charge in [-0.1, -0.05) is 27.2 Å². The Bertz CT molecular complexity index is 241. The maximum absolute atomic E-state index is 3.80. The Morgan fingerprint density at radius 2 is 1.82 bits per heavy atom. The van der Waals surface area contributed by atoms with Gasteiger partial charge in [0.2, 0.25) is 0 Å². The Morgan fingerprint density at radius 1 is 1.12 bits per heavy atom. The SMILES string of the molecule is CCC1(CC)CN(CC2(C)CCC2)CCCN1. The molecule has 0 amide bonds. The Hall–Kier alpha value is -0.0800. The molecule has 1 N–H and O–H groups in total. The van der Waals surface area contributed by atoms with Crippen molar-refractivity contribution in [3.8, 4) is 0 Å². The molecule has 1 saturated carbocycles. The minimum absolute atomic E-state index is 0.386. The summed E-state index contributed by atoms with van der Waals surface area (Å²) in [6.07, 6.45) is 8.19. The molecule has 2 rings (SSSR count). The molecule has 0 bridgehead atoms. The van der Waals surface area contributed by atoms with Gasteiger partial charge in [-0.2, -0.15) is 0 Å². The lowest BCUT2D eigenvalue weighted by Gasteiger charge is -2.44. The molecule has 17 heavy (non-hydrogen) atoms. The maximum Gasteiger partial charge on any atom is 0.0303 e. The first-order valence-electron chi connectivity index (χ1n) is 7.59. The molecule has 0 aromatic rings. The van der Waals surface area contributed by atoms with Gasteiger partial charge in [0.15, 0.2) is 0 Å². The van der Waals surface area contributed by atoms with Crippen molar-refractivity contribution < 1.29 is 0 Å². The first kappa shape index (κ1) is 13.4. The monoisotopic (exact) mass is 238 g/mol. The third kappa shape index (κ3) is 3.03. The molecule has 2 fully saturated rings. The molecule has 0 spiro atoms. The highest BCUT2D eigenvalue weighted by Gasteiger charge is 2.37. The van der Waals surface area contributed by atoms with E-state index in [1.54, 1.807) is 0 Å². The van der Waals surface area contributed by atoms with Gasteiger partial charge in [-0.15, -0.1) is 0 Å². The molecule has 1 heterocycles. The minimum Gasteiger partial charge on any atom is -0.310 e. The fourth-order valence-corrected chi connectivity index (χ4v) is 3.56. The van der Waals surface area contributed by atoms with Gasteiger partial charge in [-0.25, -0.2) is 0 Å². The lowest BCUT2D eigenvalue weighted by atomic mass is 9.70. The first-order valence-corrected chi connectivity index (χ1v) is 7.59. The number of hydrogen-bond donors (Lipinski definition) is 1. The van der Waals surface area contributed by atoms with Crippen molar-refractivity contribution in [2.24, 2.45) is 5.41 Å². The summed E-state index contributed by atoms with van der Waals surface area (Å²) in [5, 5.41) is 3.80. The van der Waals surface area contributed by atoms with Crippen LogP contribution >= 0.6 is 0 Å². The van der Waals surface area contributed by atoms with Crippen LogP contribution in [0.2, 0.25) is 0 Å². The normalized spacial score (nSPS) is 28.4. The zero-order chi connectivity index (χ0) is 12.4. The summed E-state index contributed by atoms with van der Waals surface area (Å²) in [5.41, 5.74) is 1.02. The van der Waals surface area contributed by atoms with Crippen LogP contribution in [0.25, 0.3) is 0 Å². The van der Waals surface area contributed by atoms with E-state index in [9.17, 15) is 0 Å². The van der Waals surface area contributed by atoms with E-state index in [0.717, 1.165) is 0 Å². The molecule has 0 unspecified atom stereocenters. The van der Waals surface area contributed by atoms with Crippen molar-refractivity contribution in [2.45, 2.75) is 64.8 Å². The largest absolute Gasteiger partial charge is 0.310 e. The van der Waals surface area contributed by atoms with Gasteiger partial charge in [0.05, 0.1) is 0 Å². The van der Waals surface area contributed by atoms with E-state index < -0.39 is 0 Å². The van der Waals surface area contributed by atoms with Crippen LogP contribution in [0.15, 0.2) is 0 Å². The molecule has 1 aliphatic heterocycles. The van der Waals surface area contributed by atoms with E-state index >= 15 is 0 Å². The number of nitrogens with one attached hydrogen (secondary N) is 1. The molecule has 0 aromatic carbocycles. The van der Waals surface area contributed by atoms with Crippen LogP contribution in [-0.4, -0.2) is 36.6 Å². The predicted molar refractivity (Wildman–Crippen MR) is 74.3 cm³/mol. The Morgan fingerprint density at radius 3 is 2.35 bits per heavy atom. The second kappa shape index (κ2) is 5.27. The highest BCUT2D eigenvalue weighted by atomic mass is 15.2. The van der Waals surface area contributed by atoms with Gasteiger partial charge in [-0.05, 0) is 50.6 Å². The average Bonchev–Trinajstić information content (AvgIpc) is 2.50. The molecule has 0 atom stereocenters. The predicted octanol–water partition coefficient (Wildman–Crippen LogP) is 3.03. The van der Waals surface area contributed by atoms with E-state index in [2.05, 4.69) is 31.0 Å². The van der Waals surface area contributed by atoms with E-state index in [0.29, 0.717) is 11.0 Å². The van der Waals surface area contributed by atoms with Crippen LogP contribution in [-0.2, 0) is 0 Å². The van der Waals surface area contributed by atoms with Crippen LogP contribution < -0.4 is 5.32 Å². The lowest BCUT2D eigenvalue weighted by molar-refractivity contribution is 0.0720. The Labute approximate surface area is 107 Å². The summed E-state index contributed by atoms with van der Waals surface area (Å²) in [4.78, 5) is 2.74. The standard InChI is InChI=1S/C15H30N2/c1-4-15(5-2)13-17(11-7-10-16-15)12-14(3)8-6-9-14/h16H,4-13H2,1-3H3. The fourth-order valence-electron chi connectivity index (χ4n) is 3.56. The van der Waals surface area contributed by atoms with Crippen molar-refractivity contribution >= 4 is 0 Å². The number of hydrogen-bond acceptors (Lipinski definition) is 2. The third-order valence-corrected chi connectivity index (χ3v) is 5.20. The average molecular weight is 238 g/mol. The van der Waals surface area contributed by atoms with Crippen LogP contribution in [0, 0.1) is 5.41 Å². The van der Waals surface area contributed by atoms with Gasteiger partial charge in [0, 0.05) is 18.6 Å². The summed E-state index contributed by atoms with van der Waals surface area (Å²) in [7, 11) is 0. The minimum atomic E-state index is 0.386. The number of nitrogens with zero attached hydrogens (tertiary/aromatic N) is 1. The van der Waals surface area contributed by atoms with Crippen LogP contribution in [0.5, 0.6) is 0 Å². The molecule has 1 aliphatic carbocycles. The zero-order valence-electron chi connectivity index (χ0n) is 12.0. The van der Waals surface area contributed by atoms with E-state index in [4.69, 9.17) is 0 Å². The lowest BCUT2D eigenvalue weighted by Crippen LogP contribution is -2.52. The van der Waals surface area contributed by atoms with Crippen LogP contribution in [0.1, 0.15) is 59.3 Å². The molecule has 0 aromatic heterocycles. The molecule has 2 heteroatoms. The van der Waals surface area contributed by atoms with E-state index in [-0.39, 0.29) is 0 Å². The highest BCUT2D eigenvalue weighted by molar-refractivity contribution is 4.94. The van der Waals surface area contributed by atoms with Gasteiger partial charge >= 0.3 is 0 Å². The highest BCUT2D eigenvalue weighted by Crippen LogP contribution is 2.41. The smallest absolute Gasteiger partial charge is 0.0303 e. The molecule has 0 radical (unpaired) electrons. The topological polar surface area (TPSA) is 15.3 Å². The summed E-state index contributed by atoms with van der Waals surface area (Å²) in [6.45, 7) is 12.2. The zero-order valence-corrected chi connectivity index (χ0v) is 12.0. The summed E-state index contributed by atoms with van der Waals surface area (Å²) >= 11 is 0. The van der Waals surface area contributed by atoms with Crippen molar-refractivity contribution in [2.75, 3.05) is 26.2 Å². The van der Waals surface area contributed by atoms with Crippen LogP contribution in [0.3, 0.4) is 0 Å². The fraction of sp³-hybridized carbons (Fsp3) is 1.00. The van der Waals surface area contributed by atoms with Gasteiger partial charge in [0.1, 0.15) is 0 Å². The second-order valence-electron chi connectivity index (χ2n) is 6.64. The molecular formula is C15H30N2. The van der Waals surface area contributed by atoms with Crippen LogP contribution in [0.4, 0.5) is 0 Å². The summed E-state index contributed by atoms with van der Waals surface area (Å²) in [5.74, 6) is 0. The number of rotatable bonds is 4. The molecule has 2 aliphatic rings. The van der Waals surface area contributed by atoms with Gasteiger partial charge in [-0.3, -0.25) is 0 Å². The molecule has 100 valence electrons. The van der Waals surface area contributed by atoms with E-state index in [1.165, 1.54) is 64.7 Å². The summed E-state index contributed by atoms with van der Waals surface area (Å²) < 4.78 is 0. The second-order valence-corrected chi connectivity index (χ2v) is 6.64. The van der Waals surface area contributed by atoms with E-state index in [1.807, 2.05) is 0 Å². The van der Waals surface area contributed by atoms with Crippen molar-refractivity contribution in [1.82, 2.24) is 10.2 Å². The van der Waals surface area contributed by atoms with Crippen molar-refractivity contribution in [3.05, 3.63) is 0 Å². The molecule has 2 nitrogen and oxygen atoms in total. The molecular weight excluding hydrogens is 208 g/mol. The Kier molecular flexibility index (Phi) is 4.14. The third-order valence-electron chi connectivity index (χ3n) is 5.20.